The summed E-state index contributed by atoms with van der Waals surface area (Å²) in [5, 5.41) is 25.4. The van der Waals surface area contributed by atoms with Gasteiger partial charge in [0.15, 0.2) is 5.82 Å². The Morgan fingerprint density at radius 1 is 1.10 bits per heavy atom. The number of phenolic OH excluding ortho intramolecular Hbond substituents is 1. The highest BCUT2D eigenvalue weighted by Crippen LogP contribution is 2.31. The Labute approximate surface area is 225 Å². The predicted octanol–water partition coefficient (Wildman–Crippen LogP) is 1.37. The molecule has 0 radical (unpaired) electrons. The SMILES string of the molecule is Cc1cc(C(=O)NCC#Cc2nccc(N3CCN(c4cc(-c5ccccc5O)nnc4N)CC3)n2)nn1C. The molecule has 1 aliphatic rings. The van der Waals surface area contributed by atoms with Gasteiger partial charge in [0, 0.05) is 50.7 Å². The Morgan fingerprint density at radius 2 is 1.87 bits per heavy atom. The van der Waals surface area contributed by atoms with Gasteiger partial charge in [0.25, 0.3) is 5.91 Å². The lowest BCUT2D eigenvalue weighted by molar-refractivity contribution is 0.0953. The highest BCUT2D eigenvalue weighted by atomic mass is 16.3. The molecule has 0 atom stereocenters. The van der Waals surface area contributed by atoms with Crippen LogP contribution in [0.3, 0.4) is 0 Å². The molecule has 4 N–H and O–H groups in total. The molecule has 12 nitrogen and oxygen atoms in total. The molecule has 1 fully saturated rings. The first kappa shape index (κ1) is 25.5. The second-order valence-corrected chi connectivity index (χ2v) is 9.01. The van der Waals surface area contributed by atoms with Crippen LogP contribution < -0.4 is 20.9 Å². The number of nitrogen functional groups attached to an aromatic ring is 1. The van der Waals surface area contributed by atoms with Crippen LogP contribution in [-0.4, -0.2) is 73.7 Å². The topological polar surface area (TPSA) is 151 Å². The van der Waals surface area contributed by atoms with E-state index in [1.54, 1.807) is 42.2 Å². The first-order chi connectivity index (χ1) is 18.9. The lowest BCUT2D eigenvalue weighted by Crippen LogP contribution is -2.47. The number of hydrogen-bond acceptors (Lipinski definition) is 10. The van der Waals surface area contributed by atoms with Crippen molar-refractivity contribution in [3.05, 3.63) is 65.9 Å². The molecule has 12 heteroatoms. The number of para-hydroxylation sites is 1. The van der Waals surface area contributed by atoms with Crippen molar-refractivity contribution in [2.75, 3.05) is 48.3 Å². The Morgan fingerprint density at radius 3 is 2.62 bits per heavy atom. The van der Waals surface area contributed by atoms with Crippen molar-refractivity contribution in [2.24, 2.45) is 7.05 Å². The van der Waals surface area contributed by atoms with Crippen molar-refractivity contribution < 1.29 is 9.90 Å². The minimum Gasteiger partial charge on any atom is -0.507 e. The maximum atomic E-state index is 12.2. The third kappa shape index (κ3) is 5.72. The minimum atomic E-state index is -0.279. The number of nitrogens with zero attached hydrogens (tertiary/aromatic N) is 8. The van der Waals surface area contributed by atoms with Gasteiger partial charge < -0.3 is 26.0 Å². The molecule has 1 aliphatic heterocycles. The van der Waals surface area contributed by atoms with E-state index in [9.17, 15) is 9.90 Å². The number of amides is 1. The number of carbonyl (C=O) groups is 1. The number of aromatic nitrogens is 6. The molecule has 4 heterocycles. The number of anilines is 3. The number of carbonyl (C=O) groups excluding carboxylic acids is 1. The van der Waals surface area contributed by atoms with Crippen LogP contribution in [0.2, 0.25) is 0 Å². The molecule has 0 bridgehead atoms. The van der Waals surface area contributed by atoms with Gasteiger partial charge in [-0.3, -0.25) is 9.48 Å². The second kappa shape index (κ2) is 11.1. The van der Waals surface area contributed by atoms with Crippen LogP contribution in [0.4, 0.5) is 17.3 Å². The first-order valence-corrected chi connectivity index (χ1v) is 12.4. The van der Waals surface area contributed by atoms with Gasteiger partial charge in [0.1, 0.15) is 17.3 Å². The van der Waals surface area contributed by atoms with Crippen molar-refractivity contribution in [2.45, 2.75) is 6.92 Å². The third-order valence-electron chi connectivity index (χ3n) is 6.45. The van der Waals surface area contributed by atoms with Crippen molar-refractivity contribution in [1.29, 1.82) is 0 Å². The van der Waals surface area contributed by atoms with Gasteiger partial charge in [0.05, 0.1) is 17.9 Å². The van der Waals surface area contributed by atoms with Gasteiger partial charge in [-0.1, -0.05) is 18.1 Å². The molecule has 4 aromatic rings. The number of piperazine rings is 1. The van der Waals surface area contributed by atoms with Crippen LogP contribution >= 0.6 is 0 Å². The summed E-state index contributed by atoms with van der Waals surface area (Å²) in [5.41, 5.74) is 9.36. The fourth-order valence-corrected chi connectivity index (χ4v) is 4.24. The number of aryl methyl sites for hydroxylation is 2. The van der Waals surface area contributed by atoms with Crippen LogP contribution in [0.1, 0.15) is 22.0 Å². The average Bonchev–Trinajstić information content (AvgIpc) is 3.30. The predicted molar refractivity (Wildman–Crippen MR) is 147 cm³/mol. The number of hydrogen-bond donors (Lipinski definition) is 3. The largest absolute Gasteiger partial charge is 0.507 e. The quantitative estimate of drug-likeness (QED) is 0.327. The van der Waals surface area contributed by atoms with E-state index in [0.29, 0.717) is 54.8 Å². The highest BCUT2D eigenvalue weighted by molar-refractivity contribution is 5.92. The molecule has 198 valence electrons. The molecule has 3 aromatic heterocycles. The number of aromatic hydroxyl groups is 1. The number of benzene rings is 1. The van der Waals surface area contributed by atoms with E-state index in [4.69, 9.17) is 5.73 Å². The summed E-state index contributed by atoms with van der Waals surface area (Å²) in [4.78, 5) is 25.3. The van der Waals surface area contributed by atoms with Crippen molar-refractivity contribution in [3.8, 4) is 28.8 Å². The van der Waals surface area contributed by atoms with Gasteiger partial charge in [0.2, 0.25) is 5.82 Å². The van der Waals surface area contributed by atoms with E-state index in [-0.39, 0.29) is 18.2 Å². The van der Waals surface area contributed by atoms with Gasteiger partial charge in [-0.2, -0.15) is 5.10 Å². The van der Waals surface area contributed by atoms with Gasteiger partial charge in [-0.25, -0.2) is 9.97 Å². The van der Waals surface area contributed by atoms with Crippen molar-refractivity contribution >= 4 is 23.2 Å². The number of nitrogens with one attached hydrogen (secondary N) is 1. The van der Waals surface area contributed by atoms with E-state index in [1.807, 2.05) is 25.1 Å². The zero-order chi connectivity index (χ0) is 27.4. The molecular weight excluding hydrogens is 496 g/mol. The molecule has 0 spiro atoms. The third-order valence-corrected chi connectivity index (χ3v) is 6.45. The summed E-state index contributed by atoms with van der Waals surface area (Å²) < 4.78 is 1.65. The number of phenols is 1. The molecule has 0 unspecified atom stereocenters. The standard InChI is InChI=1S/C27H28N10O2/c1-18-16-21(34-35(18)2)27(39)30-10-5-8-24-29-11-9-25(31-24)37-14-12-36(13-15-37)22-17-20(32-33-26(22)28)19-6-3-4-7-23(19)38/h3-4,6-7,9,11,16-17,38H,10,12-15H2,1-2H3,(H2,28,33)(H,30,39). The molecule has 5 rings (SSSR count). The normalized spacial score (nSPS) is 13.1. The lowest BCUT2D eigenvalue weighted by Gasteiger charge is -2.36. The van der Waals surface area contributed by atoms with Gasteiger partial charge in [-0.15, -0.1) is 10.2 Å². The molecule has 1 aromatic carbocycles. The van der Waals surface area contributed by atoms with Crippen molar-refractivity contribution in [3.63, 3.8) is 0 Å². The second-order valence-electron chi connectivity index (χ2n) is 9.01. The molecule has 39 heavy (non-hydrogen) atoms. The average molecular weight is 525 g/mol. The number of rotatable bonds is 5. The maximum absolute atomic E-state index is 12.2. The lowest BCUT2D eigenvalue weighted by atomic mass is 10.1. The molecule has 1 amide bonds. The first-order valence-electron chi connectivity index (χ1n) is 12.4. The summed E-state index contributed by atoms with van der Waals surface area (Å²) in [5.74, 6) is 7.17. The summed E-state index contributed by atoms with van der Waals surface area (Å²) in [7, 11) is 1.79. The minimum absolute atomic E-state index is 0.140. The molecule has 0 aliphatic carbocycles. The Hall–Kier alpha value is -5.18. The Balaban J connectivity index is 1.20. The summed E-state index contributed by atoms with van der Waals surface area (Å²) in [6.07, 6.45) is 1.68. The monoisotopic (exact) mass is 524 g/mol. The van der Waals surface area contributed by atoms with Crippen molar-refractivity contribution in [1.82, 2.24) is 35.3 Å². The fourth-order valence-electron chi connectivity index (χ4n) is 4.24. The zero-order valence-corrected chi connectivity index (χ0v) is 21.7. The zero-order valence-electron chi connectivity index (χ0n) is 21.7. The molecular formula is C27H28N10O2. The van der Waals surface area contributed by atoms with Crippen LogP contribution in [0.5, 0.6) is 5.75 Å². The summed E-state index contributed by atoms with van der Waals surface area (Å²) >= 11 is 0. The summed E-state index contributed by atoms with van der Waals surface area (Å²) in [6, 6.07) is 12.4. The molecule has 0 saturated carbocycles. The van der Waals surface area contributed by atoms with Crippen LogP contribution in [-0.2, 0) is 7.05 Å². The highest BCUT2D eigenvalue weighted by Gasteiger charge is 2.22. The van der Waals surface area contributed by atoms with Gasteiger partial charge >= 0.3 is 0 Å². The number of nitrogens with two attached hydrogens (primary N) is 1. The van der Waals surface area contributed by atoms with Crippen LogP contribution in [0.25, 0.3) is 11.3 Å². The van der Waals surface area contributed by atoms with Gasteiger partial charge in [-0.05, 0) is 43.2 Å². The molecule has 1 saturated heterocycles. The van der Waals surface area contributed by atoms with E-state index in [0.717, 1.165) is 17.2 Å². The van der Waals surface area contributed by atoms with Crippen LogP contribution in [0, 0.1) is 18.8 Å². The Kier molecular flexibility index (Phi) is 7.22. The van der Waals surface area contributed by atoms with E-state index < -0.39 is 0 Å². The Bertz CT molecular complexity index is 1540. The fraction of sp³-hybridized carbons (Fsp3) is 0.259. The summed E-state index contributed by atoms with van der Waals surface area (Å²) in [6.45, 7) is 4.84. The van der Waals surface area contributed by atoms with Crippen LogP contribution in [0.15, 0.2) is 48.7 Å². The van der Waals surface area contributed by atoms with E-state index >= 15 is 0 Å². The van der Waals surface area contributed by atoms with E-state index in [2.05, 4.69) is 52.2 Å². The maximum Gasteiger partial charge on any atom is 0.272 e. The van der Waals surface area contributed by atoms with E-state index in [1.165, 1.54) is 0 Å². The smallest absolute Gasteiger partial charge is 0.272 e.